The number of hydrogen-bond acceptors (Lipinski definition) is 1. The molecule has 0 aliphatic rings. The first-order valence-electron chi connectivity index (χ1n) is 6.06. The van der Waals surface area contributed by atoms with Crippen molar-refractivity contribution in [3.63, 3.8) is 0 Å². The molecule has 0 aliphatic heterocycles. The SMILES string of the molecule is C=C(CCC(C)C)C(=O)O.C=Cc1ccccc1. The van der Waals surface area contributed by atoms with Crippen molar-refractivity contribution < 1.29 is 9.90 Å². The van der Waals surface area contributed by atoms with Crippen LogP contribution >= 0.6 is 0 Å². The van der Waals surface area contributed by atoms with E-state index in [1.807, 2.05) is 36.4 Å². The highest BCUT2D eigenvalue weighted by molar-refractivity contribution is 5.85. The third-order valence-electron chi connectivity index (χ3n) is 2.36. The molecule has 2 nitrogen and oxygen atoms in total. The number of benzene rings is 1. The average molecular weight is 246 g/mol. The van der Waals surface area contributed by atoms with Crippen LogP contribution in [0.5, 0.6) is 0 Å². The summed E-state index contributed by atoms with van der Waals surface area (Å²) in [6.45, 7) is 11.2. The van der Waals surface area contributed by atoms with Crippen molar-refractivity contribution in [2.24, 2.45) is 5.92 Å². The summed E-state index contributed by atoms with van der Waals surface area (Å²) < 4.78 is 0. The van der Waals surface area contributed by atoms with Gasteiger partial charge in [-0.15, -0.1) is 0 Å². The Kier molecular flexibility index (Phi) is 8.29. The second-order valence-corrected chi connectivity index (χ2v) is 4.46. The smallest absolute Gasteiger partial charge is 0.330 e. The summed E-state index contributed by atoms with van der Waals surface area (Å²) in [6.07, 6.45) is 3.35. The van der Waals surface area contributed by atoms with Gasteiger partial charge in [0.05, 0.1) is 0 Å². The molecule has 0 heterocycles. The predicted octanol–water partition coefficient (Wildman–Crippen LogP) is 4.39. The molecule has 0 fully saturated rings. The summed E-state index contributed by atoms with van der Waals surface area (Å²) in [5, 5.41) is 8.40. The Bertz CT molecular complexity index is 377. The molecule has 0 aliphatic carbocycles. The first-order valence-corrected chi connectivity index (χ1v) is 6.06. The largest absolute Gasteiger partial charge is 0.478 e. The van der Waals surface area contributed by atoms with E-state index in [4.69, 9.17) is 5.11 Å². The normalized spacial score (nSPS) is 9.28. The van der Waals surface area contributed by atoms with Crippen LogP contribution in [0.2, 0.25) is 0 Å². The van der Waals surface area contributed by atoms with Crippen molar-refractivity contribution in [1.29, 1.82) is 0 Å². The highest BCUT2D eigenvalue weighted by Crippen LogP contribution is 2.09. The molecule has 18 heavy (non-hydrogen) atoms. The van der Waals surface area contributed by atoms with Gasteiger partial charge in [0, 0.05) is 5.57 Å². The molecular formula is C16H22O2. The summed E-state index contributed by atoms with van der Waals surface area (Å²) >= 11 is 0. The molecule has 0 saturated carbocycles. The van der Waals surface area contributed by atoms with Gasteiger partial charge in [0.2, 0.25) is 0 Å². The van der Waals surface area contributed by atoms with E-state index >= 15 is 0 Å². The summed E-state index contributed by atoms with van der Waals surface area (Å²) in [6, 6.07) is 10.0. The number of carboxylic acids is 1. The number of hydrogen-bond donors (Lipinski definition) is 1. The highest BCUT2D eigenvalue weighted by atomic mass is 16.4. The molecule has 0 spiro atoms. The molecular weight excluding hydrogens is 224 g/mol. The first-order chi connectivity index (χ1) is 8.47. The Morgan fingerprint density at radius 2 is 1.89 bits per heavy atom. The average Bonchev–Trinajstić information content (AvgIpc) is 2.37. The molecule has 0 aromatic heterocycles. The maximum absolute atomic E-state index is 10.2. The van der Waals surface area contributed by atoms with Gasteiger partial charge in [0.25, 0.3) is 0 Å². The van der Waals surface area contributed by atoms with Gasteiger partial charge in [-0.2, -0.15) is 0 Å². The van der Waals surface area contributed by atoms with Crippen molar-refractivity contribution in [2.45, 2.75) is 26.7 Å². The maximum atomic E-state index is 10.2. The zero-order chi connectivity index (χ0) is 14.0. The van der Waals surface area contributed by atoms with Crippen molar-refractivity contribution in [2.75, 3.05) is 0 Å². The standard InChI is InChI=1S/C8H14O2.C8H8/c1-6(2)4-5-7(3)8(9)10;1-2-8-6-4-3-5-7-8/h6H,3-5H2,1-2H3,(H,9,10);2-7H,1H2. The molecule has 1 aromatic rings. The Labute approximate surface area is 110 Å². The number of carbonyl (C=O) groups is 1. The predicted molar refractivity (Wildman–Crippen MR) is 77.4 cm³/mol. The molecule has 0 unspecified atom stereocenters. The van der Waals surface area contributed by atoms with Gasteiger partial charge in [0.15, 0.2) is 0 Å². The van der Waals surface area contributed by atoms with Crippen LogP contribution in [0.1, 0.15) is 32.3 Å². The number of aliphatic carboxylic acids is 1. The number of rotatable bonds is 5. The van der Waals surface area contributed by atoms with Crippen molar-refractivity contribution >= 4 is 12.0 Å². The maximum Gasteiger partial charge on any atom is 0.330 e. The minimum atomic E-state index is -0.874. The lowest BCUT2D eigenvalue weighted by molar-refractivity contribution is -0.132. The van der Waals surface area contributed by atoms with Crippen LogP contribution in [0.25, 0.3) is 6.08 Å². The molecule has 0 amide bonds. The van der Waals surface area contributed by atoms with Gasteiger partial charge < -0.3 is 5.11 Å². The van der Waals surface area contributed by atoms with Gasteiger partial charge in [0.1, 0.15) is 0 Å². The fourth-order valence-electron chi connectivity index (χ4n) is 1.16. The number of carboxylic acid groups (broad SMARTS) is 1. The van der Waals surface area contributed by atoms with E-state index in [-0.39, 0.29) is 0 Å². The topological polar surface area (TPSA) is 37.3 Å². The van der Waals surface area contributed by atoms with E-state index in [1.54, 1.807) is 0 Å². The molecule has 1 N–H and O–H groups in total. The summed E-state index contributed by atoms with van der Waals surface area (Å²) in [5.74, 6) is -0.322. The minimum absolute atomic E-state index is 0.314. The molecule has 0 atom stereocenters. The summed E-state index contributed by atoms with van der Waals surface area (Å²) in [5.41, 5.74) is 1.49. The lowest BCUT2D eigenvalue weighted by Gasteiger charge is -2.02. The van der Waals surface area contributed by atoms with E-state index in [2.05, 4.69) is 27.0 Å². The summed E-state index contributed by atoms with van der Waals surface area (Å²) in [4.78, 5) is 10.2. The van der Waals surface area contributed by atoms with Crippen LogP contribution in [0, 0.1) is 5.92 Å². The van der Waals surface area contributed by atoms with Crippen LogP contribution < -0.4 is 0 Å². The summed E-state index contributed by atoms with van der Waals surface area (Å²) in [7, 11) is 0. The minimum Gasteiger partial charge on any atom is -0.478 e. The molecule has 98 valence electrons. The fraction of sp³-hybridized carbons (Fsp3) is 0.312. The Morgan fingerprint density at radius 3 is 2.22 bits per heavy atom. The van der Waals surface area contributed by atoms with Crippen LogP contribution in [0.4, 0.5) is 0 Å². The van der Waals surface area contributed by atoms with Gasteiger partial charge in [-0.1, -0.05) is 63.4 Å². The Balaban J connectivity index is 0.000000327. The zero-order valence-electron chi connectivity index (χ0n) is 11.2. The van der Waals surface area contributed by atoms with Gasteiger partial charge in [-0.05, 0) is 24.3 Å². The van der Waals surface area contributed by atoms with Crippen molar-refractivity contribution in [1.82, 2.24) is 0 Å². The molecule has 1 rings (SSSR count). The van der Waals surface area contributed by atoms with Gasteiger partial charge in [-0.3, -0.25) is 0 Å². The Morgan fingerprint density at radius 1 is 1.33 bits per heavy atom. The van der Waals surface area contributed by atoms with Gasteiger partial charge in [-0.25, -0.2) is 4.79 Å². The van der Waals surface area contributed by atoms with Crippen LogP contribution in [0.15, 0.2) is 49.1 Å². The second-order valence-electron chi connectivity index (χ2n) is 4.46. The third kappa shape index (κ3) is 8.34. The molecule has 0 bridgehead atoms. The zero-order valence-corrected chi connectivity index (χ0v) is 11.2. The third-order valence-corrected chi connectivity index (χ3v) is 2.36. The Hall–Kier alpha value is -1.83. The quantitative estimate of drug-likeness (QED) is 0.782. The van der Waals surface area contributed by atoms with Crippen LogP contribution in [0.3, 0.4) is 0 Å². The van der Waals surface area contributed by atoms with E-state index in [1.165, 1.54) is 5.56 Å². The van der Waals surface area contributed by atoms with E-state index in [0.717, 1.165) is 6.42 Å². The van der Waals surface area contributed by atoms with Crippen molar-refractivity contribution in [3.05, 3.63) is 54.6 Å². The van der Waals surface area contributed by atoms with E-state index in [9.17, 15) is 4.79 Å². The van der Waals surface area contributed by atoms with E-state index in [0.29, 0.717) is 17.9 Å². The molecule has 2 heteroatoms. The fourth-order valence-corrected chi connectivity index (χ4v) is 1.16. The van der Waals surface area contributed by atoms with Gasteiger partial charge >= 0.3 is 5.97 Å². The lowest BCUT2D eigenvalue weighted by Crippen LogP contribution is -2.00. The van der Waals surface area contributed by atoms with Crippen LogP contribution in [-0.4, -0.2) is 11.1 Å². The van der Waals surface area contributed by atoms with Crippen molar-refractivity contribution in [3.8, 4) is 0 Å². The first kappa shape index (κ1) is 16.2. The molecule has 0 saturated heterocycles. The highest BCUT2D eigenvalue weighted by Gasteiger charge is 2.03. The molecule has 0 radical (unpaired) electrons. The van der Waals surface area contributed by atoms with E-state index < -0.39 is 5.97 Å². The van der Waals surface area contributed by atoms with Crippen LogP contribution in [-0.2, 0) is 4.79 Å². The lowest BCUT2D eigenvalue weighted by atomic mass is 10.0. The molecule has 1 aromatic carbocycles. The second kappa shape index (κ2) is 9.23. The monoisotopic (exact) mass is 246 g/mol.